The van der Waals surface area contributed by atoms with E-state index in [1.807, 2.05) is 0 Å². The highest BCUT2D eigenvalue weighted by Crippen LogP contribution is 2.60. The lowest BCUT2D eigenvalue weighted by molar-refractivity contribution is 0.571. The van der Waals surface area contributed by atoms with Crippen LogP contribution in [0.25, 0.3) is 0 Å². The third-order valence-corrected chi connectivity index (χ3v) is 5.42. The first-order valence-corrected chi connectivity index (χ1v) is 6.96. The molecule has 0 bridgehead atoms. The van der Waals surface area contributed by atoms with E-state index in [1.165, 1.54) is 0 Å². The van der Waals surface area contributed by atoms with Crippen molar-refractivity contribution in [1.82, 2.24) is 0 Å². The third kappa shape index (κ3) is 4.73. The molecule has 1 unspecified atom stereocenters. The largest absolute Gasteiger partial charge is 0.381 e. The summed E-state index contributed by atoms with van der Waals surface area (Å²) in [6.45, 7) is 14.9. The minimum Gasteiger partial charge on any atom is -0.0561 e. The van der Waals surface area contributed by atoms with E-state index in [9.17, 15) is 0 Å². The van der Waals surface area contributed by atoms with Crippen LogP contribution >= 0.6 is 7.14 Å². The van der Waals surface area contributed by atoms with Crippen molar-refractivity contribution in [3.63, 3.8) is 0 Å². The minimum absolute atomic E-state index is 0.0614. The molecule has 13 heavy (non-hydrogen) atoms. The summed E-state index contributed by atoms with van der Waals surface area (Å²) >= 11 is 0. The molecule has 0 aliphatic rings. The van der Waals surface area contributed by atoms with Gasteiger partial charge < -0.3 is 0 Å². The maximum Gasteiger partial charge on any atom is 0.381 e. The van der Waals surface area contributed by atoms with Crippen LogP contribution in [0.4, 0.5) is 0 Å². The maximum atomic E-state index is 6.24. The summed E-state index contributed by atoms with van der Waals surface area (Å²) in [6, 6.07) is 0. The van der Waals surface area contributed by atoms with E-state index in [1.54, 1.807) is 0 Å². The lowest BCUT2D eigenvalue weighted by Gasteiger charge is -2.27. The number of hydrogen-bond acceptors (Lipinski definition) is 0. The van der Waals surface area contributed by atoms with Crippen LogP contribution in [0, 0.1) is 17.0 Å². The van der Waals surface area contributed by atoms with Gasteiger partial charge in [0.05, 0.1) is 10.8 Å². The Morgan fingerprint density at radius 1 is 1.00 bits per heavy atom. The highest BCUT2D eigenvalue weighted by molar-refractivity contribution is 8.01. The highest BCUT2D eigenvalue weighted by Gasteiger charge is 2.39. The zero-order chi connectivity index (χ0) is 10.9. The second-order valence-corrected chi connectivity index (χ2v) is 9.45. The summed E-state index contributed by atoms with van der Waals surface area (Å²) in [7, 11) is 4.65. The van der Waals surface area contributed by atoms with Gasteiger partial charge in [0.15, 0.2) is 0 Å². The van der Waals surface area contributed by atoms with E-state index in [4.69, 9.17) is 7.57 Å². The van der Waals surface area contributed by atoms with E-state index in [0.29, 0.717) is 0 Å². The van der Waals surface area contributed by atoms with Gasteiger partial charge in [-0.15, -0.1) is 0 Å². The van der Waals surface area contributed by atoms with Crippen LogP contribution in [0.1, 0.15) is 41.5 Å². The van der Waals surface area contributed by atoms with Crippen LogP contribution < -0.4 is 0 Å². The fraction of sp³-hybridized carbons (Fsp3) is 0.818. The van der Waals surface area contributed by atoms with Crippen molar-refractivity contribution in [1.29, 1.82) is 0 Å². The van der Waals surface area contributed by atoms with Crippen LogP contribution in [0.3, 0.4) is 0 Å². The Hall–Kier alpha value is 0.0549. The smallest absolute Gasteiger partial charge is 0.0561 e. The summed E-state index contributed by atoms with van der Waals surface area (Å²) in [5, 5.41) is 0.130. The van der Waals surface area contributed by atoms with Crippen LogP contribution in [-0.2, 0) is 0 Å². The van der Waals surface area contributed by atoms with Gasteiger partial charge in [-0.05, 0) is 41.5 Å². The fourth-order valence-electron chi connectivity index (χ4n) is 0.452. The van der Waals surface area contributed by atoms with Crippen LogP contribution in [0.15, 0.2) is 0 Å². The normalized spacial score (nSPS) is 17.2. The standard InChI is InChI=1S/C11H21BP/c1-10(2,3)8-9-13(7,12)11(4,5)6/h1-7H3/q+1. The lowest BCUT2D eigenvalue weighted by Crippen LogP contribution is -2.18. The lowest BCUT2D eigenvalue weighted by atomic mass is 9.99. The molecule has 0 aromatic carbocycles. The van der Waals surface area contributed by atoms with E-state index < -0.39 is 7.14 Å². The Bertz CT molecular complexity index is 230. The number of rotatable bonds is 0. The molecule has 0 heterocycles. The molecular weight excluding hydrogens is 174 g/mol. The van der Waals surface area contributed by atoms with Crippen molar-refractivity contribution in [2.45, 2.75) is 46.7 Å². The Labute approximate surface area is 85.6 Å². The van der Waals surface area contributed by atoms with Gasteiger partial charge in [0.2, 0.25) is 0 Å². The third-order valence-electron chi connectivity index (χ3n) is 2.06. The van der Waals surface area contributed by atoms with Crippen molar-refractivity contribution in [2.75, 3.05) is 6.66 Å². The molecule has 0 spiro atoms. The molecule has 0 aromatic heterocycles. The molecule has 72 valence electrons. The molecule has 0 N–H and O–H groups in total. The molecular formula is C11H21BP+. The van der Waals surface area contributed by atoms with Gasteiger partial charge >= 0.3 is 7.57 Å². The van der Waals surface area contributed by atoms with E-state index in [2.05, 4.69) is 59.8 Å². The Balaban J connectivity index is 4.77. The van der Waals surface area contributed by atoms with Crippen molar-refractivity contribution < 1.29 is 0 Å². The van der Waals surface area contributed by atoms with Crippen LogP contribution in [-0.4, -0.2) is 19.4 Å². The van der Waals surface area contributed by atoms with Crippen LogP contribution in [0.5, 0.6) is 0 Å². The molecule has 2 radical (unpaired) electrons. The van der Waals surface area contributed by atoms with Crippen molar-refractivity contribution in [3.8, 4) is 11.6 Å². The van der Waals surface area contributed by atoms with Crippen molar-refractivity contribution in [3.05, 3.63) is 0 Å². The summed E-state index contributed by atoms with van der Waals surface area (Å²) in [5.74, 6) is 3.24. The first kappa shape index (κ1) is 13.1. The van der Waals surface area contributed by atoms with Crippen LogP contribution in [0.2, 0.25) is 0 Å². The van der Waals surface area contributed by atoms with Gasteiger partial charge in [-0.3, -0.25) is 0 Å². The second-order valence-electron chi connectivity index (χ2n) is 5.73. The molecule has 0 saturated carbocycles. The second kappa shape index (κ2) is 3.66. The molecule has 0 aliphatic carbocycles. The summed E-state index contributed by atoms with van der Waals surface area (Å²) in [5.41, 5.74) is 3.34. The summed E-state index contributed by atoms with van der Waals surface area (Å²) in [4.78, 5) is 0. The van der Waals surface area contributed by atoms with E-state index in [-0.39, 0.29) is 10.6 Å². The molecule has 0 fully saturated rings. The average Bonchev–Trinajstić information content (AvgIpc) is 1.79. The Morgan fingerprint density at radius 3 is 1.62 bits per heavy atom. The quantitative estimate of drug-likeness (QED) is 0.315. The fourth-order valence-corrected chi connectivity index (χ4v) is 1.35. The zero-order valence-electron chi connectivity index (χ0n) is 10.0. The molecule has 0 nitrogen and oxygen atoms in total. The van der Waals surface area contributed by atoms with Gasteiger partial charge in [0.25, 0.3) is 0 Å². The highest BCUT2D eigenvalue weighted by atomic mass is 31.2. The van der Waals surface area contributed by atoms with E-state index >= 15 is 0 Å². The molecule has 0 aliphatic heterocycles. The molecule has 0 aromatic rings. The molecule has 1 atom stereocenters. The Morgan fingerprint density at radius 2 is 1.38 bits per heavy atom. The topological polar surface area (TPSA) is 0 Å². The van der Waals surface area contributed by atoms with Crippen molar-refractivity contribution in [2.24, 2.45) is 5.41 Å². The molecule has 0 rings (SSSR count). The van der Waals surface area contributed by atoms with Crippen molar-refractivity contribution >= 4 is 14.7 Å². The first-order valence-electron chi connectivity index (χ1n) is 4.65. The first-order chi connectivity index (χ1) is 5.46. The molecule has 0 amide bonds. The predicted octanol–water partition coefficient (Wildman–Crippen LogP) is 3.52. The van der Waals surface area contributed by atoms with Gasteiger partial charge in [-0.1, -0.05) is 5.92 Å². The van der Waals surface area contributed by atoms with E-state index in [0.717, 1.165) is 0 Å². The van der Waals surface area contributed by atoms with Gasteiger partial charge in [0, 0.05) is 19.2 Å². The van der Waals surface area contributed by atoms with Gasteiger partial charge in [-0.2, -0.15) is 0 Å². The molecule has 2 heteroatoms. The summed E-state index contributed by atoms with van der Waals surface area (Å²) < 4.78 is 0. The van der Waals surface area contributed by atoms with Gasteiger partial charge in [0.1, 0.15) is 0 Å². The predicted molar refractivity (Wildman–Crippen MR) is 65.6 cm³/mol. The maximum absolute atomic E-state index is 6.24. The zero-order valence-corrected chi connectivity index (χ0v) is 10.9. The summed E-state index contributed by atoms with van der Waals surface area (Å²) in [6.07, 6.45) is 0. The SMILES string of the molecule is [B][P+](C)(C#CC(C)(C)C)C(C)(C)C. The monoisotopic (exact) mass is 195 g/mol. The van der Waals surface area contributed by atoms with Gasteiger partial charge in [-0.25, -0.2) is 0 Å². The average molecular weight is 195 g/mol. The number of hydrogen-bond donors (Lipinski definition) is 0. The Kier molecular flexibility index (Phi) is 3.68. The molecule has 0 saturated heterocycles. The minimum atomic E-state index is -1.58.